The highest BCUT2D eigenvalue weighted by molar-refractivity contribution is 5.75. The number of nitrogens with one attached hydrogen (secondary N) is 1. The van der Waals surface area contributed by atoms with Gasteiger partial charge >= 0.3 is 5.97 Å². The topological polar surface area (TPSA) is 50.8 Å². The summed E-state index contributed by atoms with van der Waals surface area (Å²) in [5.74, 6) is -0.141. The van der Waals surface area contributed by atoms with Gasteiger partial charge in [-0.25, -0.2) is 0 Å². The first-order valence-corrected chi connectivity index (χ1v) is 7.19. The number of morpholine rings is 1. The van der Waals surface area contributed by atoms with Crippen LogP contribution in [0.25, 0.3) is 0 Å². The molecule has 2 aliphatic rings. The molecule has 2 rings (SSSR count). The van der Waals surface area contributed by atoms with Crippen molar-refractivity contribution in [2.45, 2.75) is 50.7 Å². The highest BCUT2D eigenvalue weighted by atomic mass is 16.5. The summed E-state index contributed by atoms with van der Waals surface area (Å²) in [5, 5.41) is 3.38. The molecule has 0 aromatic carbocycles. The lowest BCUT2D eigenvalue weighted by Gasteiger charge is -2.42. The molecular formula is C14H26N2O3. The zero-order valence-electron chi connectivity index (χ0n) is 12.3. The van der Waals surface area contributed by atoms with E-state index in [-0.39, 0.29) is 17.6 Å². The van der Waals surface area contributed by atoms with Crippen LogP contribution in [0.2, 0.25) is 0 Å². The highest BCUT2D eigenvalue weighted by Crippen LogP contribution is 2.22. The Hall–Kier alpha value is -0.650. The molecule has 1 N–H and O–H groups in total. The normalized spacial score (nSPS) is 25.0. The summed E-state index contributed by atoms with van der Waals surface area (Å²) in [6.07, 6.45) is 3.15. The number of carbonyl (C=O) groups is 1. The summed E-state index contributed by atoms with van der Waals surface area (Å²) in [7, 11) is 1.46. The molecule has 1 heterocycles. The van der Waals surface area contributed by atoms with Crippen LogP contribution >= 0.6 is 0 Å². The van der Waals surface area contributed by atoms with E-state index in [9.17, 15) is 4.79 Å². The Morgan fingerprint density at radius 3 is 2.84 bits per heavy atom. The van der Waals surface area contributed by atoms with Crippen molar-refractivity contribution in [1.82, 2.24) is 10.2 Å². The quantitative estimate of drug-likeness (QED) is 0.723. The second-order valence-corrected chi connectivity index (χ2v) is 6.16. The third-order valence-electron chi connectivity index (χ3n) is 4.00. The molecule has 110 valence electrons. The van der Waals surface area contributed by atoms with Crippen molar-refractivity contribution in [1.29, 1.82) is 0 Å². The summed E-state index contributed by atoms with van der Waals surface area (Å²) in [6.45, 7) is 7.75. The van der Waals surface area contributed by atoms with Gasteiger partial charge in [-0.2, -0.15) is 0 Å². The van der Waals surface area contributed by atoms with Crippen molar-refractivity contribution < 1.29 is 14.3 Å². The van der Waals surface area contributed by atoms with Gasteiger partial charge in [0.15, 0.2) is 0 Å². The maximum Gasteiger partial charge on any atom is 0.322 e. The first kappa shape index (κ1) is 14.8. The van der Waals surface area contributed by atoms with Gasteiger partial charge in [0.2, 0.25) is 0 Å². The molecule has 1 aliphatic carbocycles. The van der Waals surface area contributed by atoms with E-state index in [0.717, 1.165) is 32.7 Å². The van der Waals surface area contributed by atoms with Crippen molar-refractivity contribution in [3.63, 3.8) is 0 Å². The Labute approximate surface area is 115 Å². The Morgan fingerprint density at radius 2 is 2.26 bits per heavy atom. The summed E-state index contributed by atoms with van der Waals surface area (Å²) < 4.78 is 10.4. The maximum atomic E-state index is 11.8. The number of nitrogens with zero attached hydrogens (tertiary/aromatic N) is 1. The largest absolute Gasteiger partial charge is 0.468 e. The Kier molecular flexibility index (Phi) is 4.81. The first-order valence-electron chi connectivity index (χ1n) is 7.19. The SMILES string of the molecule is COC(=O)C(CCN1CCOCC1(C)C)NC1CC1. The molecule has 0 spiro atoms. The molecule has 5 heteroatoms. The Morgan fingerprint density at radius 1 is 1.53 bits per heavy atom. The number of hydrogen-bond acceptors (Lipinski definition) is 5. The predicted octanol–water partition coefficient (Wildman–Crippen LogP) is 0.781. The molecule has 2 fully saturated rings. The molecule has 1 aliphatic heterocycles. The van der Waals surface area contributed by atoms with Gasteiger partial charge < -0.3 is 14.8 Å². The first-order chi connectivity index (χ1) is 9.03. The Balaban J connectivity index is 1.84. The lowest BCUT2D eigenvalue weighted by atomic mass is 10.0. The lowest BCUT2D eigenvalue weighted by Crippen LogP contribution is -2.54. The molecule has 0 radical (unpaired) electrons. The summed E-state index contributed by atoms with van der Waals surface area (Å²) in [4.78, 5) is 14.2. The number of hydrogen-bond donors (Lipinski definition) is 1. The van der Waals surface area contributed by atoms with Crippen LogP contribution < -0.4 is 5.32 Å². The van der Waals surface area contributed by atoms with Crippen molar-refractivity contribution >= 4 is 5.97 Å². The van der Waals surface area contributed by atoms with E-state index in [1.54, 1.807) is 0 Å². The van der Waals surface area contributed by atoms with E-state index in [2.05, 4.69) is 24.1 Å². The van der Waals surface area contributed by atoms with Gasteiger partial charge in [0, 0.05) is 24.7 Å². The van der Waals surface area contributed by atoms with Crippen LogP contribution in [0.4, 0.5) is 0 Å². The van der Waals surface area contributed by atoms with E-state index in [4.69, 9.17) is 9.47 Å². The molecular weight excluding hydrogens is 244 g/mol. The molecule has 1 unspecified atom stereocenters. The van der Waals surface area contributed by atoms with Crippen molar-refractivity contribution in [3.05, 3.63) is 0 Å². The predicted molar refractivity (Wildman–Crippen MR) is 73.0 cm³/mol. The fourth-order valence-corrected chi connectivity index (χ4v) is 2.54. The number of rotatable bonds is 6. The molecule has 0 aromatic heterocycles. The number of carbonyl (C=O) groups excluding carboxylic acids is 1. The molecule has 0 aromatic rings. The second kappa shape index (κ2) is 6.20. The van der Waals surface area contributed by atoms with Gasteiger partial charge in [0.1, 0.15) is 6.04 Å². The van der Waals surface area contributed by atoms with Crippen LogP contribution in [0.1, 0.15) is 33.1 Å². The molecule has 0 bridgehead atoms. The van der Waals surface area contributed by atoms with Crippen molar-refractivity contribution in [2.24, 2.45) is 0 Å². The fourth-order valence-electron chi connectivity index (χ4n) is 2.54. The zero-order valence-corrected chi connectivity index (χ0v) is 12.3. The third kappa shape index (κ3) is 4.16. The molecule has 5 nitrogen and oxygen atoms in total. The van der Waals surface area contributed by atoms with Gasteiger partial charge in [0.25, 0.3) is 0 Å². The molecule has 19 heavy (non-hydrogen) atoms. The monoisotopic (exact) mass is 270 g/mol. The van der Waals surface area contributed by atoms with Gasteiger partial charge in [-0.05, 0) is 33.1 Å². The fraction of sp³-hybridized carbons (Fsp3) is 0.929. The number of esters is 1. The lowest BCUT2D eigenvalue weighted by molar-refractivity contribution is -0.143. The average Bonchev–Trinajstić information content (AvgIpc) is 3.18. The molecule has 1 saturated carbocycles. The highest BCUT2D eigenvalue weighted by Gasteiger charge is 2.33. The van der Waals surface area contributed by atoms with Crippen molar-refractivity contribution in [2.75, 3.05) is 33.4 Å². The summed E-state index contributed by atoms with van der Waals surface area (Å²) in [6, 6.07) is 0.345. The van der Waals surface area contributed by atoms with Crippen molar-refractivity contribution in [3.8, 4) is 0 Å². The van der Waals surface area contributed by atoms with E-state index in [0.29, 0.717) is 6.04 Å². The maximum absolute atomic E-state index is 11.8. The van der Waals surface area contributed by atoms with Crippen LogP contribution in [0.15, 0.2) is 0 Å². The minimum Gasteiger partial charge on any atom is -0.468 e. The number of ether oxygens (including phenoxy) is 2. The smallest absolute Gasteiger partial charge is 0.322 e. The van der Waals surface area contributed by atoms with Gasteiger partial charge in [-0.3, -0.25) is 9.69 Å². The standard InChI is InChI=1S/C14H26N2O3/c1-14(2)10-19-9-8-16(14)7-6-12(13(17)18-3)15-11-4-5-11/h11-12,15H,4-10H2,1-3H3. The van der Waals surface area contributed by atoms with Gasteiger partial charge in [-0.15, -0.1) is 0 Å². The second-order valence-electron chi connectivity index (χ2n) is 6.16. The molecule has 1 saturated heterocycles. The minimum atomic E-state index is -0.170. The van der Waals surface area contributed by atoms with Crippen LogP contribution in [-0.4, -0.2) is 61.9 Å². The minimum absolute atomic E-state index is 0.0541. The third-order valence-corrected chi connectivity index (χ3v) is 4.00. The van der Waals surface area contributed by atoms with Crippen LogP contribution in [-0.2, 0) is 14.3 Å². The average molecular weight is 270 g/mol. The van der Waals surface area contributed by atoms with Crippen LogP contribution in [0.3, 0.4) is 0 Å². The molecule has 0 amide bonds. The summed E-state index contributed by atoms with van der Waals surface area (Å²) in [5.41, 5.74) is 0.0541. The van der Waals surface area contributed by atoms with E-state index < -0.39 is 0 Å². The number of methoxy groups -OCH3 is 1. The Bertz CT molecular complexity index is 316. The summed E-state index contributed by atoms with van der Waals surface area (Å²) >= 11 is 0. The van der Waals surface area contributed by atoms with E-state index in [1.807, 2.05) is 0 Å². The molecule has 1 atom stereocenters. The van der Waals surface area contributed by atoms with Crippen LogP contribution in [0.5, 0.6) is 0 Å². The zero-order chi connectivity index (χ0) is 13.9. The van der Waals surface area contributed by atoms with E-state index in [1.165, 1.54) is 20.0 Å². The van der Waals surface area contributed by atoms with Gasteiger partial charge in [0.05, 0.1) is 20.3 Å². The van der Waals surface area contributed by atoms with Gasteiger partial charge in [-0.1, -0.05) is 0 Å². The van der Waals surface area contributed by atoms with Crippen LogP contribution in [0, 0.1) is 0 Å². The van der Waals surface area contributed by atoms with E-state index >= 15 is 0 Å².